The van der Waals surface area contributed by atoms with Crippen molar-refractivity contribution in [2.45, 2.75) is 26.8 Å². The van der Waals surface area contributed by atoms with Gasteiger partial charge in [0.2, 0.25) is 0 Å². The maximum atomic E-state index is 11.3. The summed E-state index contributed by atoms with van der Waals surface area (Å²) in [5.74, 6) is 0.0505. The number of carbonyl (C=O) groups excluding carboxylic acids is 1. The second-order valence-corrected chi connectivity index (χ2v) is 4.48. The van der Waals surface area contributed by atoms with Gasteiger partial charge in [0.25, 0.3) is 0 Å². The topological polar surface area (TPSA) is 34.9 Å². The SMILES string of the molecule is CC(=O)c1ccc2c(Cl)nn(C(C)C)c2c1. The van der Waals surface area contributed by atoms with Crippen LogP contribution in [0.25, 0.3) is 10.9 Å². The Hall–Kier alpha value is -1.35. The molecule has 0 saturated carbocycles. The molecule has 3 nitrogen and oxygen atoms in total. The summed E-state index contributed by atoms with van der Waals surface area (Å²) in [6.07, 6.45) is 0. The average Bonchev–Trinajstić information content (AvgIpc) is 2.56. The third-order valence-electron chi connectivity index (χ3n) is 2.56. The van der Waals surface area contributed by atoms with Crippen LogP contribution < -0.4 is 0 Å². The highest BCUT2D eigenvalue weighted by Gasteiger charge is 2.12. The van der Waals surface area contributed by atoms with Gasteiger partial charge in [0.05, 0.1) is 5.52 Å². The first kappa shape index (κ1) is 11.1. The zero-order valence-electron chi connectivity index (χ0n) is 9.49. The molecule has 0 N–H and O–H groups in total. The molecule has 0 saturated heterocycles. The average molecular weight is 237 g/mol. The second-order valence-electron chi connectivity index (χ2n) is 4.12. The fourth-order valence-electron chi connectivity index (χ4n) is 1.71. The molecular formula is C12H13ClN2O. The highest BCUT2D eigenvalue weighted by molar-refractivity contribution is 6.34. The van der Waals surface area contributed by atoms with E-state index in [0.29, 0.717) is 10.7 Å². The van der Waals surface area contributed by atoms with Crippen LogP contribution in [0, 0.1) is 0 Å². The molecule has 1 heterocycles. The van der Waals surface area contributed by atoms with Gasteiger partial charge in [-0.1, -0.05) is 17.7 Å². The lowest BCUT2D eigenvalue weighted by molar-refractivity contribution is 0.101. The van der Waals surface area contributed by atoms with Crippen molar-refractivity contribution < 1.29 is 4.79 Å². The standard InChI is InChI=1S/C12H13ClN2O/c1-7(2)15-11-6-9(8(3)16)4-5-10(11)12(13)14-15/h4-7H,1-3H3. The van der Waals surface area contributed by atoms with Crippen molar-refractivity contribution in [1.82, 2.24) is 9.78 Å². The van der Waals surface area contributed by atoms with Crippen LogP contribution in [0.15, 0.2) is 18.2 Å². The molecule has 4 heteroatoms. The number of aromatic nitrogens is 2. The zero-order chi connectivity index (χ0) is 11.9. The van der Waals surface area contributed by atoms with Crippen molar-refractivity contribution in [1.29, 1.82) is 0 Å². The Bertz CT molecular complexity index is 557. The minimum Gasteiger partial charge on any atom is -0.295 e. The number of halogens is 1. The molecule has 2 aromatic rings. The van der Waals surface area contributed by atoms with E-state index >= 15 is 0 Å². The number of hydrogen-bond acceptors (Lipinski definition) is 2. The molecule has 0 bridgehead atoms. The van der Waals surface area contributed by atoms with Crippen molar-refractivity contribution in [3.05, 3.63) is 28.9 Å². The molecule has 84 valence electrons. The molecule has 0 spiro atoms. The van der Waals surface area contributed by atoms with Crippen LogP contribution in [-0.2, 0) is 0 Å². The molecule has 0 aliphatic carbocycles. The van der Waals surface area contributed by atoms with E-state index in [0.717, 1.165) is 10.9 Å². The lowest BCUT2D eigenvalue weighted by Crippen LogP contribution is -2.02. The zero-order valence-corrected chi connectivity index (χ0v) is 10.2. The largest absolute Gasteiger partial charge is 0.295 e. The summed E-state index contributed by atoms with van der Waals surface area (Å²) in [6, 6.07) is 5.69. The quantitative estimate of drug-likeness (QED) is 0.749. The first-order valence-corrected chi connectivity index (χ1v) is 5.57. The molecule has 2 rings (SSSR count). The number of fused-ring (bicyclic) bond motifs is 1. The summed E-state index contributed by atoms with van der Waals surface area (Å²) in [6.45, 7) is 5.62. The summed E-state index contributed by atoms with van der Waals surface area (Å²) in [5, 5.41) is 5.63. The van der Waals surface area contributed by atoms with E-state index in [-0.39, 0.29) is 11.8 Å². The molecular weight excluding hydrogens is 224 g/mol. The predicted molar refractivity (Wildman–Crippen MR) is 65.1 cm³/mol. The fraction of sp³-hybridized carbons (Fsp3) is 0.333. The Labute approximate surface area is 99.0 Å². The number of nitrogens with zero attached hydrogens (tertiary/aromatic N) is 2. The molecule has 0 amide bonds. The van der Waals surface area contributed by atoms with Gasteiger partial charge in [0.1, 0.15) is 0 Å². The van der Waals surface area contributed by atoms with Gasteiger partial charge < -0.3 is 0 Å². The van der Waals surface area contributed by atoms with Gasteiger partial charge in [0.15, 0.2) is 10.9 Å². The van der Waals surface area contributed by atoms with E-state index in [4.69, 9.17) is 11.6 Å². The van der Waals surface area contributed by atoms with Gasteiger partial charge in [-0.25, -0.2) is 0 Å². The third kappa shape index (κ3) is 1.71. The molecule has 0 radical (unpaired) electrons. The van der Waals surface area contributed by atoms with Crippen molar-refractivity contribution in [2.24, 2.45) is 0 Å². The summed E-state index contributed by atoms with van der Waals surface area (Å²) < 4.78 is 1.84. The third-order valence-corrected chi connectivity index (χ3v) is 2.84. The van der Waals surface area contributed by atoms with E-state index in [1.807, 2.05) is 30.7 Å². The van der Waals surface area contributed by atoms with Crippen molar-refractivity contribution in [3.63, 3.8) is 0 Å². The fourth-order valence-corrected chi connectivity index (χ4v) is 1.95. The Kier molecular flexibility index (Phi) is 2.72. The summed E-state index contributed by atoms with van der Waals surface area (Å²) >= 11 is 6.04. The number of Topliss-reactive ketones (excluding diaryl/α,β-unsaturated/α-hetero) is 1. The van der Waals surface area contributed by atoms with Gasteiger partial charge in [-0.3, -0.25) is 9.48 Å². The molecule has 0 atom stereocenters. The maximum Gasteiger partial charge on any atom is 0.159 e. The van der Waals surface area contributed by atoms with Gasteiger partial charge in [-0.15, -0.1) is 0 Å². The lowest BCUT2D eigenvalue weighted by atomic mass is 10.1. The molecule has 0 aliphatic rings. The summed E-state index contributed by atoms with van der Waals surface area (Å²) in [4.78, 5) is 11.3. The van der Waals surface area contributed by atoms with E-state index in [9.17, 15) is 4.79 Å². The lowest BCUT2D eigenvalue weighted by Gasteiger charge is -2.07. The molecule has 1 aromatic carbocycles. The van der Waals surface area contributed by atoms with Crippen LogP contribution >= 0.6 is 11.6 Å². The number of hydrogen-bond donors (Lipinski definition) is 0. The van der Waals surface area contributed by atoms with Crippen molar-refractivity contribution >= 4 is 28.3 Å². The van der Waals surface area contributed by atoms with Crippen LogP contribution in [0.1, 0.15) is 37.2 Å². The first-order chi connectivity index (χ1) is 7.50. The normalized spacial score (nSPS) is 11.3. The molecule has 0 aliphatic heterocycles. The Morgan fingerprint density at radius 1 is 1.44 bits per heavy atom. The van der Waals surface area contributed by atoms with Crippen molar-refractivity contribution in [3.8, 4) is 0 Å². The molecule has 1 aromatic heterocycles. The summed E-state index contributed by atoms with van der Waals surface area (Å²) in [5.41, 5.74) is 1.60. The highest BCUT2D eigenvalue weighted by atomic mass is 35.5. The van der Waals surface area contributed by atoms with Crippen LogP contribution in [0.3, 0.4) is 0 Å². The van der Waals surface area contributed by atoms with E-state index in [2.05, 4.69) is 5.10 Å². The van der Waals surface area contributed by atoms with Crippen LogP contribution in [0.5, 0.6) is 0 Å². The predicted octanol–water partition coefficient (Wildman–Crippen LogP) is 3.47. The number of carbonyl (C=O) groups is 1. The Morgan fingerprint density at radius 3 is 2.69 bits per heavy atom. The summed E-state index contributed by atoms with van der Waals surface area (Å²) in [7, 11) is 0. The minimum atomic E-state index is 0.0505. The van der Waals surface area contributed by atoms with Crippen LogP contribution in [0.2, 0.25) is 5.15 Å². The van der Waals surface area contributed by atoms with Gasteiger partial charge in [-0.05, 0) is 32.9 Å². The van der Waals surface area contributed by atoms with E-state index in [1.165, 1.54) is 0 Å². The first-order valence-electron chi connectivity index (χ1n) is 5.19. The Balaban J connectivity index is 2.74. The van der Waals surface area contributed by atoms with E-state index < -0.39 is 0 Å². The monoisotopic (exact) mass is 236 g/mol. The van der Waals surface area contributed by atoms with Crippen LogP contribution in [-0.4, -0.2) is 15.6 Å². The molecule has 16 heavy (non-hydrogen) atoms. The molecule has 0 fully saturated rings. The van der Waals surface area contributed by atoms with Gasteiger partial charge >= 0.3 is 0 Å². The smallest absolute Gasteiger partial charge is 0.159 e. The van der Waals surface area contributed by atoms with E-state index in [1.54, 1.807) is 13.0 Å². The molecule has 0 unspecified atom stereocenters. The van der Waals surface area contributed by atoms with Gasteiger partial charge in [0, 0.05) is 17.0 Å². The van der Waals surface area contributed by atoms with Gasteiger partial charge in [-0.2, -0.15) is 5.10 Å². The maximum absolute atomic E-state index is 11.3. The highest BCUT2D eigenvalue weighted by Crippen LogP contribution is 2.26. The van der Waals surface area contributed by atoms with Crippen LogP contribution in [0.4, 0.5) is 0 Å². The Morgan fingerprint density at radius 2 is 2.12 bits per heavy atom. The number of rotatable bonds is 2. The minimum absolute atomic E-state index is 0.0505. The number of benzene rings is 1. The second kappa shape index (κ2) is 3.91. The number of ketones is 1. The van der Waals surface area contributed by atoms with Crippen molar-refractivity contribution in [2.75, 3.05) is 0 Å².